The molecule has 0 bridgehead atoms. The lowest BCUT2D eigenvalue weighted by atomic mass is 10.1. The van der Waals surface area contributed by atoms with Crippen molar-refractivity contribution in [2.75, 3.05) is 10.6 Å². The van der Waals surface area contributed by atoms with Crippen LogP contribution in [0.5, 0.6) is 0 Å². The Morgan fingerprint density at radius 2 is 1.52 bits per heavy atom. The normalized spacial score (nSPS) is 12.9. The molecule has 3 heteroatoms. The first kappa shape index (κ1) is 14.1. The number of aryl methyl sites for hydroxylation is 4. The Balaban J connectivity index is 1.67. The molecule has 0 aliphatic heterocycles. The van der Waals surface area contributed by atoms with E-state index in [9.17, 15) is 0 Å². The van der Waals surface area contributed by atoms with Gasteiger partial charge >= 0.3 is 0 Å². The molecular weight excluding hydrogens is 276 g/mol. The summed E-state index contributed by atoms with van der Waals surface area (Å²) >= 11 is 5.40. The molecule has 0 aromatic heterocycles. The Morgan fingerprint density at radius 3 is 2.29 bits per heavy atom. The summed E-state index contributed by atoms with van der Waals surface area (Å²) in [5, 5.41) is 7.16. The Bertz CT molecular complexity index is 692. The Morgan fingerprint density at radius 1 is 0.857 bits per heavy atom. The molecule has 0 atom stereocenters. The van der Waals surface area contributed by atoms with Crippen LogP contribution >= 0.6 is 12.2 Å². The van der Waals surface area contributed by atoms with E-state index in [1.165, 1.54) is 41.5 Å². The lowest BCUT2D eigenvalue weighted by Gasteiger charge is -2.12. The third-order valence-electron chi connectivity index (χ3n) is 4.12. The van der Waals surface area contributed by atoms with Crippen LogP contribution in [-0.2, 0) is 12.8 Å². The van der Waals surface area contributed by atoms with Gasteiger partial charge in [0.15, 0.2) is 5.11 Å². The Labute approximate surface area is 131 Å². The van der Waals surface area contributed by atoms with Crippen LogP contribution in [0.3, 0.4) is 0 Å². The van der Waals surface area contributed by atoms with Crippen LogP contribution in [0.25, 0.3) is 0 Å². The summed E-state index contributed by atoms with van der Waals surface area (Å²) in [6.45, 7) is 4.22. The van der Waals surface area contributed by atoms with Crippen molar-refractivity contribution in [3.8, 4) is 0 Å². The van der Waals surface area contributed by atoms with E-state index in [0.29, 0.717) is 5.11 Å². The maximum Gasteiger partial charge on any atom is 0.175 e. The summed E-state index contributed by atoms with van der Waals surface area (Å²) in [5.74, 6) is 0. The highest BCUT2D eigenvalue weighted by Gasteiger charge is 2.11. The van der Waals surface area contributed by atoms with Crippen LogP contribution < -0.4 is 10.6 Å². The van der Waals surface area contributed by atoms with E-state index in [4.69, 9.17) is 12.2 Å². The smallest absolute Gasteiger partial charge is 0.175 e. The Kier molecular flexibility index (Phi) is 3.93. The third-order valence-corrected chi connectivity index (χ3v) is 4.33. The quantitative estimate of drug-likeness (QED) is 0.792. The maximum absolute atomic E-state index is 5.40. The molecule has 0 spiro atoms. The van der Waals surface area contributed by atoms with E-state index in [1.54, 1.807) is 0 Å². The monoisotopic (exact) mass is 296 g/mol. The number of hydrogen-bond acceptors (Lipinski definition) is 1. The van der Waals surface area contributed by atoms with E-state index in [0.717, 1.165) is 11.4 Å². The lowest BCUT2D eigenvalue weighted by Crippen LogP contribution is -2.19. The molecule has 2 aromatic rings. The standard InChI is InChI=1S/C18H20N2S/c1-12-6-8-16(10-13(12)2)19-18(21)20-17-9-7-14-4-3-5-15(14)11-17/h6-11H,3-5H2,1-2H3,(H2,19,20,21). The second-order valence-electron chi connectivity index (χ2n) is 5.72. The van der Waals surface area contributed by atoms with Crippen molar-refractivity contribution in [3.05, 3.63) is 58.7 Å². The highest BCUT2D eigenvalue weighted by atomic mass is 32.1. The van der Waals surface area contributed by atoms with E-state index >= 15 is 0 Å². The van der Waals surface area contributed by atoms with Gasteiger partial charge in [-0.1, -0.05) is 12.1 Å². The molecule has 108 valence electrons. The number of hydrogen-bond donors (Lipinski definition) is 2. The van der Waals surface area contributed by atoms with Gasteiger partial charge in [-0.2, -0.15) is 0 Å². The molecule has 0 radical (unpaired) electrons. The average molecular weight is 296 g/mol. The molecule has 0 saturated carbocycles. The molecule has 1 aliphatic carbocycles. The number of thiocarbonyl (C=S) groups is 1. The fourth-order valence-electron chi connectivity index (χ4n) is 2.76. The highest BCUT2D eigenvalue weighted by Crippen LogP contribution is 2.25. The van der Waals surface area contributed by atoms with Crippen molar-refractivity contribution in [1.82, 2.24) is 0 Å². The minimum Gasteiger partial charge on any atom is -0.332 e. The lowest BCUT2D eigenvalue weighted by molar-refractivity contribution is 0.912. The van der Waals surface area contributed by atoms with E-state index in [-0.39, 0.29) is 0 Å². The fraction of sp³-hybridized carbons (Fsp3) is 0.278. The van der Waals surface area contributed by atoms with E-state index in [2.05, 4.69) is 60.9 Å². The van der Waals surface area contributed by atoms with Crippen molar-refractivity contribution >= 4 is 28.7 Å². The molecule has 2 aromatic carbocycles. The van der Waals surface area contributed by atoms with Crippen molar-refractivity contribution in [1.29, 1.82) is 0 Å². The molecule has 1 aliphatic rings. The zero-order valence-corrected chi connectivity index (χ0v) is 13.3. The first-order valence-electron chi connectivity index (χ1n) is 7.39. The predicted octanol–water partition coefficient (Wildman–Crippen LogP) is 4.60. The van der Waals surface area contributed by atoms with Gasteiger partial charge < -0.3 is 10.6 Å². The van der Waals surface area contributed by atoms with Gasteiger partial charge in [0.05, 0.1) is 0 Å². The van der Waals surface area contributed by atoms with Crippen LogP contribution in [0.15, 0.2) is 36.4 Å². The number of nitrogens with one attached hydrogen (secondary N) is 2. The number of fused-ring (bicyclic) bond motifs is 1. The second kappa shape index (κ2) is 5.86. The molecule has 0 heterocycles. The SMILES string of the molecule is Cc1ccc(NC(=S)Nc2ccc3c(c2)CCC3)cc1C. The number of anilines is 2. The van der Waals surface area contributed by atoms with Crippen LogP contribution in [0.1, 0.15) is 28.7 Å². The van der Waals surface area contributed by atoms with Crippen LogP contribution in [0.2, 0.25) is 0 Å². The van der Waals surface area contributed by atoms with Crippen LogP contribution in [-0.4, -0.2) is 5.11 Å². The highest BCUT2D eigenvalue weighted by molar-refractivity contribution is 7.80. The van der Waals surface area contributed by atoms with Gasteiger partial charge in [0.25, 0.3) is 0 Å². The summed E-state index contributed by atoms with van der Waals surface area (Å²) in [7, 11) is 0. The molecule has 21 heavy (non-hydrogen) atoms. The van der Waals surface area contributed by atoms with Crippen molar-refractivity contribution in [2.45, 2.75) is 33.1 Å². The Hall–Kier alpha value is -1.87. The average Bonchev–Trinajstić information content (AvgIpc) is 2.90. The maximum atomic E-state index is 5.40. The summed E-state index contributed by atoms with van der Waals surface area (Å²) < 4.78 is 0. The molecular formula is C18H20N2S. The van der Waals surface area contributed by atoms with Gasteiger partial charge in [0.1, 0.15) is 0 Å². The molecule has 0 unspecified atom stereocenters. The van der Waals surface area contributed by atoms with Gasteiger partial charge in [-0.3, -0.25) is 0 Å². The molecule has 2 N–H and O–H groups in total. The van der Waals surface area contributed by atoms with Gasteiger partial charge in [-0.05, 0) is 91.8 Å². The fourth-order valence-corrected chi connectivity index (χ4v) is 3.00. The summed E-state index contributed by atoms with van der Waals surface area (Å²) in [6.07, 6.45) is 3.66. The molecule has 0 amide bonds. The van der Waals surface area contributed by atoms with Crippen molar-refractivity contribution < 1.29 is 0 Å². The topological polar surface area (TPSA) is 24.1 Å². The predicted molar refractivity (Wildman–Crippen MR) is 94.2 cm³/mol. The largest absolute Gasteiger partial charge is 0.332 e. The molecule has 3 rings (SSSR count). The van der Waals surface area contributed by atoms with Crippen molar-refractivity contribution in [2.24, 2.45) is 0 Å². The molecule has 0 saturated heterocycles. The summed E-state index contributed by atoms with van der Waals surface area (Å²) in [6, 6.07) is 12.8. The summed E-state index contributed by atoms with van der Waals surface area (Å²) in [5.41, 5.74) is 7.58. The minimum atomic E-state index is 0.635. The minimum absolute atomic E-state index is 0.635. The van der Waals surface area contributed by atoms with Crippen LogP contribution in [0.4, 0.5) is 11.4 Å². The first-order valence-corrected chi connectivity index (χ1v) is 7.80. The first-order chi connectivity index (χ1) is 10.1. The second-order valence-corrected chi connectivity index (χ2v) is 6.12. The van der Waals surface area contributed by atoms with E-state index in [1.807, 2.05) is 0 Å². The molecule has 2 nitrogen and oxygen atoms in total. The zero-order valence-electron chi connectivity index (χ0n) is 12.5. The van der Waals surface area contributed by atoms with Gasteiger partial charge in [0.2, 0.25) is 0 Å². The van der Waals surface area contributed by atoms with E-state index < -0.39 is 0 Å². The molecule has 0 fully saturated rings. The van der Waals surface area contributed by atoms with Crippen LogP contribution in [0, 0.1) is 13.8 Å². The number of rotatable bonds is 2. The van der Waals surface area contributed by atoms with Crippen molar-refractivity contribution in [3.63, 3.8) is 0 Å². The van der Waals surface area contributed by atoms with Gasteiger partial charge in [0, 0.05) is 11.4 Å². The zero-order chi connectivity index (χ0) is 14.8. The number of benzene rings is 2. The van der Waals surface area contributed by atoms with Gasteiger partial charge in [-0.15, -0.1) is 0 Å². The van der Waals surface area contributed by atoms with Gasteiger partial charge in [-0.25, -0.2) is 0 Å². The summed E-state index contributed by atoms with van der Waals surface area (Å²) in [4.78, 5) is 0. The third kappa shape index (κ3) is 3.24.